The molecule has 0 bridgehead atoms. The van der Waals surface area contributed by atoms with Gasteiger partial charge < -0.3 is 31.7 Å². The number of nitrogens with two attached hydrogens (primary N) is 1. The third-order valence-electron chi connectivity index (χ3n) is 4.21. The van der Waals surface area contributed by atoms with Crippen molar-refractivity contribution in [1.82, 2.24) is 16.0 Å². The number of amides is 3. The van der Waals surface area contributed by atoms with Gasteiger partial charge in [0, 0.05) is 6.42 Å². The van der Waals surface area contributed by atoms with Gasteiger partial charge in [0.2, 0.25) is 17.7 Å². The first-order valence-corrected chi connectivity index (χ1v) is 10.2. The van der Waals surface area contributed by atoms with Gasteiger partial charge in [0.05, 0.1) is 5.94 Å². The highest BCUT2D eigenvalue weighted by molar-refractivity contribution is 7.98. The van der Waals surface area contributed by atoms with Crippen LogP contribution in [0.1, 0.15) is 38.5 Å². The summed E-state index contributed by atoms with van der Waals surface area (Å²) >= 11 is 1.53. The molecule has 0 radical (unpaired) electrons. The van der Waals surface area contributed by atoms with Crippen LogP contribution in [0.25, 0.3) is 0 Å². The number of hydrogen-bond donors (Lipinski definition) is 6. The third kappa shape index (κ3) is 7.94. The van der Waals surface area contributed by atoms with Crippen LogP contribution in [-0.2, 0) is 14.4 Å². The van der Waals surface area contributed by atoms with Crippen LogP contribution in [0.15, 0.2) is 0 Å². The zero-order valence-corrected chi connectivity index (χ0v) is 15.9. The van der Waals surface area contributed by atoms with E-state index in [0.717, 1.165) is 0 Å². The van der Waals surface area contributed by atoms with Crippen LogP contribution < -0.4 is 21.7 Å². The number of carbonyl (C=O) groups excluding carboxylic acids is 3. The van der Waals surface area contributed by atoms with Gasteiger partial charge in [0.1, 0.15) is 12.1 Å². The zero-order chi connectivity index (χ0) is 19.5. The molecule has 0 aromatic carbocycles. The maximum Gasteiger partial charge on any atom is 0.475 e. The zero-order valence-electron chi connectivity index (χ0n) is 15.1. The molecular weight excluding hydrogens is 359 g/mol. The van der Waals surface area contributed by atoms with Gasteiger partial charge in [-0.05, 0) is 50.7 Å². The molecule has 1 heterocycles. The molecule has 1 aliphatic heterocycles. The normalized spacial score (nSPS) is 18.8. The molecule has 7 N–H and O–H groups in total. The molecular formula is C15H29BN4O5S. The van der Waals surface area contributed by atoms with Crippen LogP contribution in [0.4, 0.5) is 0 Å². The number of hydrogen-bond acceptors (Lipinski definition) is 7. The molecule has 11 heteroatoms. The summed E-state index contributed by atoms with van der Waals surface area (Å²) < 4.78 is 0. The first kappa shape index (κ1) is 22.7. The van der Waals surface area contributed by atoms with Crippen LogP contribution in [0, 0.1) is 0 Å². The van der Waals surface area contributed by atoms with Crippen molar-refractivity contribution in [2.45, 2.75) is 56.5 Å². The average Bonchev–Trinajstić information content (AvgIpc) is 3.03. The van der Waals surface area contributed by atoms with E-state index in [1.54, 1.807) is 0 Å². The van der Waals surface area contributed by atoms with Crippen LogP contribution in [-0.4, -0.2) is 71.5 Å². The largest absolute Gasteiger partial charge is 0.475 e. The summed E-state index contributed by atoms with van der Waals surface area (Å²) in [7, 11) is -1.68. The molecule has 9 nitrogen and oxygen atoms in total. The van der Waals surface area contributed by atoms with E-state index in [0.29, 0.717) is 44.4 Å². The van der Waals surface area contributed by atoms with Gasteiger partial charge in [-0.15, -0.1) is 0 Å². The second-order valence-electron chi connectivity index (χ2n) is 6.31. The third-order valence-corrected chi connectivity index (χ3v) is 4.86. The van der Waals surface area contributed by atoms with E-state index in [2.05, 4.69) is 16.0 Å². The summed E-state index contributed by atoms with van der Waals surface area (Å²) in [4.78, 5) is 36.1. The quantitative estimate of drug-likeness (QED) is 0.169. The Morgan fingerprint density at radius 2 is 2.08 bits per heavy atom. The Labute approximate surface area is 158 Å². The fourth-order valence-corrected chi connectivity index (χ4v) is 3.16. The van der Waals surface area contributed by atoms with Crippen molar-refractivity contribution in [2.24, 2.45) is 5.73 Å². The van der Waals surface area contributed by atoms with Gasteiger partial charge in [0.25, 0.3) is 0 Å². The molecule has 1 fully saturated rings. The lowest BCUT2D eigenvalue weighted by Gasteiger charge is -2.24. The summed E-state index contributed by atoms with van der Waals surface area (Å²) in [5, 5.41) is 26.7. The lowest BCUT2D eigenvalue weighted by atomic mass is 9.77. The topological polar surface area (TPSA) is 154 Å². The van der Waals surface area contributed by atoms with Crippen molar-refractivity contribution in [1.29, 1.82) is 0 Å². The first-order valence-electron chi connectivity index (χ1n) is 8.84. The Kier molecular flexibility index (Phi) is 10.6. The van der Waals surface area contributed by atoms with Crippen LogP contribution in [0.5, 0.6) is 0 Å². The highest BCUT2D eigenvalue weighted by atomic mass is 32.2. The average molecular weight is 388 g/mol. The van der Waals surface area contributed by atoms with Gasteiger partial charge in [-0.25, -0.2) is 0 Å². The highest BCUT2D eigenvalue weighted by Crippen LogP contribution is 2.09. The number of rotatable bonds is 12. The Hall–Kier alpha value is -1.30. The van der Waals surface area contributed by atoms with E-state index >= 15 is 0 Å². The van der Waals surface area contributed by atoms with Crippen molar-refractivity contribution >= 4 is 36.6 Å². The summed E-state index contributed by atoms with van der Waals surface area (Å²) in [5.74, 6) is -1.22. The van der Waals surface area contributed by atoms with Crippen molar-refractivity contribution in [3.63, 3.8) is 0 Å². The second kappa shape index (κ2) is 12.2. The molecule has 0 unspecified atom stereocenters. The van der Waals surface area contributed by atoms with Crippen molar-refractivity contribution in [3.8, 4) is 0 Å². The Morgan fingerprint density at radius 3 is 2.62 bits per heavy atom. The lowest BCUT2D eigenvalue weighted by molar-refractivity contribution is -0.130. The molecule has 0 aromatic heterocycles. The predicted octanol–water partition coefficient (Wildman–Crippen LogP) is -1.87. The maximum atomic E-state index is 12.6. The number of nitrogens with one attached hydrogen (secondary N) is 3. The fraction of sp³-hybridized carbons (Fsp3) is 0.800. The minimum absolute atomic E-state index is 0.185. The highest BCUT2D eigenvalue weighted by Gasteiger charge is 2.32. The molecule has 26 heavy (non-hydrogen) atoms. The van der Waals surface area contributed by atoms with Gasteiger partial charge in [-0.2, -0.15) is 11.8 Å². The van der Waals surface area contributed by atoms with Crippen molar-refractivity contribution in [3.05, 3.63) is 0 Å². The van der Waals surface area contributed by atoms with Crippen LogP contribution >= 0.6 is 11.8 Å². The molecule has 3 atom stereocenters. The standard InChI is InChI=1S/C15H29BN4O5S/c1-26-9-7-12(16(24)25)20-15(23)10(4-2-3-8-17)19-14(22)11-5-6-13(21)18-11/h10-12,24-25H,2-9,17H2,1H3,(H,18,21)(H,19,22)(H,20,23)/t10-,11+,12-/m0/s1. The Balaban J connectivity index is 2.68. The molecule has 3 amide bonds. The molecule has 0 saturated carbocycles. The minimum Gasteiger partial charge on any atom is -0.426 e. The van der Waals surface area contributed by atoms with E-state index < -0.39 is 37.0 Å². The lowest BCUT2D eigenvalue weighted by Crippen LogP contribution is -2.56. The Morgan fingerprint density at radius 1 is 1.35 bits per heavy atom. The van der Waals surface area contributed by atoms with Crippen molar-refractivity contribution < 1.29 is 24.4 Å². The van der Waals surface area contributed by atoms with Crippen LogP contribution in [0.2, 0.25) is 0 Å². The Bertz CT molecular complexity index is 483. The van der Waals surface area contributed by atoms with E-state index in [9.17, 15) is 24.4 Å². The molecule has 0 spiro atoms. The van der Waals surface area contributed by atoms with Gasteiger partial charge in [-0.1, -0.05) is 0 Å². The maximum absolute atomic E-state index is 12.6. The predicted molar refractivity (Wildman–Crippen MR) is 101 cm³/mol. The monoisotopic (exact) mass is 388 g/mol. The smallest absolute Gasteiger partial charge is 0.426 e. The summed E-state index contributed by atoms with van der Waals surface area (Å²) in [6, 6.07) is -1.45. The fourth-order valence-electron chi connectivity index (χ4n) is 2.67. The molecule has 1 rings (SSSR count). The van der Waals surface area contributed by atoms with Gasteiger partial charge in [-0.3, -0.25) is 14.4 Å². The van der Waals surface area contributed by atoms with Crippen molar-refractivity contribution in [2.75, 3.05) is 18.6 Å². The number of thioether (sulfide) groups is 1. The summed E-state index contributed by atoms with van der Waals surface area (Å²) in [6.07, 6.45) is 4.69. The molecule has 148 valence electrons. The summed E-state index contributed by atoms with van der Waals surface area (Å²) in [5.41, 5.74) is 5.48. The SMILES string of the molecule is CSCC[C@H](NC(=O)[C@H](CCCCN)NC(=O)[C@H]1CCC(=O)N1)B(O)O. The van der Waals surface area contributed by atoms with E-state index in [1.807, 2.05) is 6.26 Å². The number of carbonyl (C=O) groups is 3. The molecule has 0 aliphatic carbocycles. The molecule has 1 aliphatic rings. The van der Waals surface area contributed by atoms with E-state index in [4.69, 9.17) is 5.73 Å². The molecule has 1 saturated heterocycles. The van der Waals surface area contributed by atoms with E-state index in [1.165, 1.54) is 11.8 Å². The summed E-state index contributed by atoms with van der Waals surface area (Å²) in [6.45, 7) is 0.479. The van der Waals surface area contributed by atoms with Gasteiger partial charge in [0.15, 0.2) is 0 Å². The van der Waals surface area contributed by atoms with E-state index in [-0.39, 0.29) is 12.3 Å². The first-order chi connectivity index (χ1) is 12.4. The number of unbranched alkanes of at least 4 members (excludes halogenated alkanes) is 1. The van der Waals surface area contributed by atoms with Gasteiger partial charge >= 0.3 is 7.12 Å². The van der Waals surface area contributed by atoms with Crippen LogP contribution in [0.3, 0.4) is 0 Å². The minimum atomic E-state index is -1.68. The molecule has 0 aromatic rings. The second-order valence-corrected chi connectivity index (χ2v) is 7.30.